The lowest BCUT2D eigenvalue weighted by Gasteiger charge is -2.06. The number of rotatable bonds is 3. The number of hydrogen-bond donors (Lipinski definition) is 0. The fraction of sp³-hybridized carbons (Fsp3) is 0.333. The third kappa shape index (κ3) is 2.48. The van der Waals surface area contributed by atoms with Gasteiger partial charge in [0.1, 0.15) is 4.83 Å². The number of thioether (sulfide) groups is 1. The summed E-state index contributed by atoms with van der Waals surface area (Å²) >= 11 is 8.54. The quantitative estimate of drug-likeness (QED) is 0.465. The molecule has 3 aromatic heterocycles. The molecule has 0 spiro atoms. The van der Waals surface area contributed by atoms with Crippen LogP contribution in [0.3, 0.4) is 0 Å². The molecule has 0 amide bonds. The van der Waals surface area contributed by atoms with E-state index in [1.807, 2.05) is 7.05 Å². The van der Waals surface area contributed by atoms with Crippen molar-refractivity contribution in [2.75, 3.05) is 0 Å². The predicted molar refractivity (Wildman–Crippen MR) is 98.5 cm³/mol. The lowest BCUT2D eigenvalue weighted by atomic mass is 10.2. The molecule has 1 aliphatic rings. The number of fused-ring (bicyclic) bond motifs is 3. The van der Waals surface area contributed by atoms with Gasteiger partial charge < -0.3 is 0 Å². The molecule has 3 nitrogen and oxygen atoms in total. The highest BCUT2D eigenvalue weighted by Crippen LogP contribution is 2.36. The van der Waals surface area contributed by atoms with Gasteiger partial charge in [0.15, 0.2) is 5.16 Å². The molecule has 0 aromatic carbocycles. The van der Waals surface area contributed by atoms with E-state index in [4.69, 9.17) is 4.98 Å². The minimum Gasteiger partial charge on any atom is -0.290 e. The van der Waals surface area contributed by atoms with Gasteiger partial charge in [0.05, 0.1) is 9.17 Å². The van der Waals surface area contributed by atoms with Crippen LogP contribution in [-0.4, -0.2) is 9.55 Å². The molecule has 0 aliphatic heterocycles. The maximum absolute atomic E-state index is 12.7. The second-order valence-electron chi connectivity index (χ2n) is 5.29. The fourth-order valence-electron chi connectivity index (χ4n) is 2.80. The summed E-state index contributed by atoms with van der Waals surface area (Å²) in [5.74, 6) is 0.840. The molecule has 0 radical (unpaired) electrons. The molecular formula is C15H13BrN2OS3. The van der Waals surface area contributed by atoms with Gasteiger partial charge in [-0.25, -0.2) is 4.98 Å². The maximum atomic E-state index is 12.7. The molecule has 0 saturated heterocycles. The van der Waals surface area contributed by atoms with Crippen LogP contribution in [0.5, 0.6) is 0 Å². The molecule has 0 N–H and O–H groups in total. The highest BCUT2D eigenvalue weighted by Gasteiger charge is 2.22. The van der Waals surface area contributed by atoms with E-state index in [0.717, 1.165) is 37.8 Å². The minimum atomic E-state index is 0.110. The molecule has 114 valence electrons. The second-order valence-corrected chi connectivity index (χ2v) is 9.86. The monoisotopic (exact) mass is 412 g/mol. The van der Waals surface area contributed by atoms with Crippen molar-refractivity contribution in [3.8, 4) is 0 Å². The smallest absolute Gasteiger partial charge is 0.262 e. The molecule has 22 heavy (non-hydrogen) atoms. The van der Waals surface area contributed by atoms with E-state index in [-0.39, 0.29) is 5.56 Å². The Bertz CT molecular complexity index is 925. The Balaban J connectivity index is 1.72. The molecular weight excluding hydrogens is 400 g/mol. The summed E-state index contributed by atoms with van der Waals surface area (Å²) in [4.78, 5) is 21.0. The molecule has 1 aliphatic carbocycles. The first-order chi connectivity index (χ1) is 10.6. The van der Waals surface area contributed by atoms with Gasteiger partial charge >= 0.3 is 0 Å². The van der Waals surface area contributed by atoms with Crippen LogP contribution in [0, 0.1) is 0 Å². The second kappa shape index (κ2) is 5.78. The average molecular weight is 413 g/mol. The molecule has 7 heteroatoms. The summed E-state index contributed by atoms with van der Waals surface area (Å²) in [5, 5.41) is 1.67. The molecule has 0 atom stereocenters. The summed E-state index contributed by atoms with van der Waals surface area (Å²) in [5.41, 5.74) is 1.37. The van der Waals surface area contributed by atoms with Gasteiger partial charge in [-0.3, -0.25) is 9.36 Å². The van der Waals surface area contributed by atoms with Crippen LogP contribution < -0.4 is 5.56 Å². The predicted octanol–water partition coefficient (Wildman–Crippen LogP) is 4.60. The SMILES string of the molecule is Cn1c(SCc2ccc(Br)s2)nc2sc3c(c2c1=O)CCC3. The van der Waals surface area contributed by atoms with E-state index in [2.05, 4.69) is 28.1 Å². The van der Waals surface area contributed by atoms with E-state index >= 15 is 0 Å². The molecule has 3 heterocycles. The van der Waals surface area contributed by atoms with E-state index in [1.165, 1.54) is 21.7 Å². The van der Waals surface area contributed by atoms with Crippen LogP contribution in [-0.2, 0) is 25.6 Å². The largest absolute Gasteiger partial charge is 0.290 e. The van der Waals surface area contributed by atoms with Gasteiger partial charge in [0.2, 0.25) is 0 Å². The van der Waals surface area contributed by atoms with E-state index < -0.39 is 0 Å². The van der Waals surface area contributed by atoms with Crippen molar-refractivity contribution in [3.63, 3.8) is 0 Å². The number of halogens is 1. The van der Waals surface area contributed by atoms with E-state index in [0.29, 0.717) is 0 Å². The number of thiophene rings is 2. The van der Waals surface area contributed by atoms with Crippen molar-refractivity contribution in [2.24, 2.45) is 7.05 Å². The number of nitrogens with zero attached hydrogens (tertiary/aromatic N) is 2. The molecule has 3 aromatic rings. The Hall–Kier alpha value is -0.630. The van der Waals surface area contributed by atoms with Gasteiger partial charge in [-0.05, 0) is 52.9 Å². The van der Waals surface area contributed by atoms with Crippen LogP contribution >= 0.6 is 50.4 Å². The Morgan fingerprint density at radius 1 is 1.36 bits per heavy atom. The topological polar surface area (TPSA) is 34.9 Å². The van der Waals surface area contributed by atoms with Crippen molar-refractivity contribution >= 4 is 60.6 Å². The first kappa shape index (κ1) is 14.9. The molecule has 0 bridgehead atoms. The molecule has 4 rings (SSSR count). The maximum Gasteiger partial charge on any atom is 0.262 e. The van der Waals surface area contributed by atoms with Crippen molar-refractivity contribution in [3.05, 3.63) is 41.6 Å². The third-order valence-corrected chi connectivity index (χ3v) is 7.95. The molecule has 0 fully saturated rings. The summed E-state index contributed by atoms with van der Waals surface area (Å²) in [6, 6.07) is 4.16. The first-order valence-corrected chi connectivity index (χ1v) is 10.4. The first-order valence-electron chi connectivity index (χ1n) is 7.02. The molecule has 0 unspecified atom stereocenters. The van der Waals surface area contributed by atoms with Crippen molar-refractivity contribution < 1.29 is 0 Å². The summed E-state index contributed by atoms with van der Waals surface area (Å²) < 4.78 is 2.84. The van der Waals surface area contributed by atoms with Crippen molar-refractivity contribution in [2.45, 2.75) is 30.2 Å². The lowest BCUT2D eigenvalue weighted by Crippen LogP contribution is -2.20. The van der Waals surface area contributed by atoms with Gasteiger partial charge in [0, 0.05) is 22.6 Å². The number of aromatic nitrogens is 2. The lowest BCUT2D eigenvalue weighted by molar-refractivity contribution is 0.727. The van der Waals surface area contributed by atoms with Crippen molar-refractivity contribution in [1.29, 1.82) is 0 Å². The van der Waals surface area contributed by atoms with Crippen LogP contribution in [0.4, 0.5) is 0 Å². The van der Waals surface area contributed by atoms with Gasteiger partial charge in [-0.1, -0.05) is 11.8 Å². The van der Waals surface area contributed by atoms with Gasteiger partial charge in [-0.2, -0.15) is 0 Å². The van der Waals surface area contributed by atoms with Gasteiger partial charge in [-0.15, -0.1) is 22.7 Å². The summed E-state index contributed by atoms with van der Waals surface area (Å²) in [6.07, 6.45) is 3.30. The normalized spacial score (nSPS) is 13.9. The van der Waals surface area contributed by atoms with Crippen LogP contribution in [0.2, 0.25) is 0 Å². The zero-order valence-corrected chi connectivity index (χ0v) is 15.9. The summed E-state index contributed by atoms with van der Waals surface area (Å²) in [6.45, 7) is 0. The Labute approximate surface area is 148 Å². The average Bonchev–Trinajstić information content (AvgIpc) is 3.16. The van der Waals surface area contributed by atoms with Crippen LogP contribution in [0.25, 0.3) is 10.2 Å². The molecule has 0 saturated carbocycles. The fourth-order valence-corrected chi connectivity index (χ4v) is 6.60. The van der Waals surface area contributed by atoms with Crippen LogP contribution in [0.15, 0.2) is 25.9 Å². The van der Waals surface area contributed by atoms with Crippen LogP contribution in [0.1, 0.15) is 21.7 Å². The highest BCUT2D eigenvalue weighted by molar-refractivity contribution is 9.11. The Morgan fingerprint density at radius 2 is 2.23 bits per heavy atom. The zero-order valence-electron chi connectivity index (χ0n) is 11.9. The zero-order chi connectivity index (χ0) is 15.3. The van der Waals surface area contributed by atoms with Gasteiger partial charge in [0.25, 0.3) is 5.56 Å². The number of aryl methyl sites for hydroxylation is 2. The standard InChI is InChI=1S/C15H13BrN2OS3/c1-18-14(19)12-9-3-2-4-10(9)22-13(12)17-15(18)20-7-8-5-6-11(16)21-8/h5-6H,2-4,7H2,1H3. The third-order valence-electron chi connectivity index (χ3n) is 3.88. The number of hydrogen-bond acceptors (Lipinski definition) is 5. The minimum absolute atomic E-state index is 0.110. The van der Waals surface area contributed by atoms with E-state index in [9.17, 15) is 4.79 Å². The van der Waals surface area contributed by atoms with E-state index in [1.54, 1.807) is 39.0 Å². The van der Waals surface area contributed by atoms with Crippen molar-refractivity contribution in [1.82, 2.24) is 9.55 Å². The highest BCUT2D eigenvalue weighted by atomic mass is 79.9. The summed E-state index contributed by atoms with van der Waals surface area (Å²) in [7, 11) is 1.83. The Morgan fingerprint density at radius 3 is 3.00 bits per heavy atom. The Kier molecular flexibility index (Phi) is 3.92.